The Morgan fingerprint density at radius 1 is 1.20 bits per heavy atom. The molecule has 0 saturated carbocycles. The number of carbonyl (C=O) groups is 2. The van der Waals surface area contributed by atoms with E-state index < -0.39 is 17.9 Å². The number of rotatable bonds is 7. The van der Waals surface area contributed by atoms with E-state index in [1.165, 1.54) is 17.0 Å². The van der Waals surface area contributed by atoms with Gasteiger partial charge in [-0.1, -0.05) is 23.9 Å². The molecule has 0 aliphatic carbocycles. The van der Waals surface area contributed by atoms with Crippen molar-refractivity contribution in [2.45, 2.75) is 25.8 Å². The maximum atomic E-state index is 13.2. The summed E-state index contributed by atoms with van der Waals surface area (Å²) in [6.07, 6.45) is -4.84. The maximum absolute atomic E-state index is 13.2. The van der Waals surface area contributed by atoms with Crippen LogP contribution >= 0.6 is 11.8 Å². The topological polar surface area (TPSA) is 95.1 Å². The van der Waals surface area contributed by atoms with Gasteiger partial charge in [-0.25, -0.2) is 10.4 Å². The Balaban J connectivity index is 1.41. The number of nitrogens with one attached hydrogen (secondary N) is 3. The molecular weight excluding hydrogens is 483 g/mol. The van der Waals surface area contributed by atoms with Crippen LogP contribution in [0.3, 0.4) is 0 Å². The fourth-order valence-electron chi connectivity index (χ4n) is 3.66. The van der Waals surface area contributed by atoms with Crippen LogP contribution in [0.1, 0.15) is 18.1 Å². The number of benzene rings is 2. The van der Waals surface area contributed by atoms with Gasteiger partial charge in [0.25, 0.3) is 0 Å². The number of aliphatic imine (C=N–C) groups is 1. The molecule has 2 aromatic rings. The lowest BCUT2D eigenvalue weighted by Crippen LogP contribution is -2.49. The van der Waals surface area contributed by atoms with Gasteiger partial charge in [-0.3, -0.25) is 19.9 Å². The summed E-state index contributed by atoms with van der Waals surface area (Å²) in [4.78, 5) is 31.8. The first-order valence-electron chi connectivity index (χ1n) is 10.9. The number of amides is 2. The smallest absolute Gasteiger partial charge is 0.416 e. The van der Waals surface area contributed by atoms with E-state index in [4.69, 9.17) is 4.74 Å². The molecule has 2 unspecified atom stereocenters. The van der Waals surface area contributed by atoms with Gasteiger partial charge in [-0.05, 0) is 48.9 Å². The summed E-state index contributed by atoms with van der Waals surface area (Å²) in [5.41, 5.74) is 6.32. The fraction of sp³-hybridized carbons (Fsp3) is 0.348. The van der Waals surface area contributed by atoms with E-state index in [0.29, 0.717) is 35.3 Å². The number of hydrogen-bond acceptors (Lipinski definition) is 7. The van der Waals surface area contributed by atoms with Crippen LogP contribution in [0.2, 0.25) is 0 Å². The first-order chi connectivity index (χ1) is 16.8. The SMILES string of the molecule is CCOc1ccc(N2C(=O)C3CNNC3N=C2SCC(=O)NCc2ccc(C(F)(F)F)cc2)cc1. The van der Waals surface area contributed by atoms with Crippen molar-refractivity contribution in [1.29, 1.82) is 0 Å². The average molecular weight is 508 g/mol. The molecule has 1 fully saturated rings. The van der Waals surface area contributed by atoms with Crippen molar-refractivity contribution < 1.29 is 27.5 Å². The fourth-order valence-corrected chi connectivity index (χ4v) is 4.53. The summed E-state index contributed by atoms with van der Waals surface area (Å²) >= 11 is 1.11. The van der Waals surface area contributed by atoms with Crippen molar-refractivity contribution in [2.75, 3.05) is 23.8 Å². The van der Waals surface area contributed by atoms with Crippen molar-refractivity contribution in [3.63, 3.8) is 0 Å². The first kappa shape index (κ1) is 25.0. The molecule has 0 radical (unpaired) electrons. The van der Waals surface area contributed by atoms with Crippen molar-refractivity contribution in [3.8, 4) is 5.75 Å². The number of anilines is 1. The molecule has 35 heavy (non-hydrogen) atoms. The molecule has 8 nitrogen and oxygen atoms in total. The molecule has 2 aromatic carbocycles. The summed E-state index contributed by atoms with van der Waals surface area (Å²) in [5, 5.41) is 3.06. The van der Waals surface area contributed by atoms with Gasteiger partial charge in [0.15, 0.2) is 5.17 Å². The van der Waals surface area contributed by atoms with Crippen LogP contribution in [-0.4, -0.2) is 42.1 Å². The molecule has 0 aromatic heterocycles. The lowest BCUT2D eigenvalue weighted by molar-refractivity contribution is -0.137. The van der Waals surface area contributed by atoms with Crippen molar-refractivity contribution in [3.05, 3.63) is 59.7 Å². The van der Waals surface area contributed by atoms with E-state index >= 15 is 0 Å². The Morgan fingerprint density at radius 3 is 2.57 bits per heavy atom. The molecule has 2 amide bonds. The van der Waals surface area contributed by atoms with Crippen LogP contribution in [0.25, 0.3) is 0 Å². The summed E-state index contributed by atoms with van der Waals surface area (Å²) in [7, 11) is 0. The Kier molecular flexibility index (Phi) is 7.63. The Morgan fingerprint density at radius 2 is 1.91 bits per heavy atom. The third kappa shape index (κ3) is 5.95. The van der Waals surface area contributed by atoms with E-state index in [0.717, 1.165) is 23.9 Å². The highest BCUT2D eigenvalue weighted by atomic mass is 32.2. The lowest BCUT2D eigenvalue weighted by atomic mass is 10.0. The highest BCUT2D eigenvalue weighted by Gasteiger charge is 2.42. The Labute approximate surface area is 204 Å². The number of ether oxygens (including phenoxy) is 1. The van der Waals surface area contributed by atoms with Crippen LogP contribution in [0.4, 0.5) is 18.9 Å². The number of carbonyl (C=O) groups excluding carboxylic acids is 2. The van der Waals surface area contributed by atoms with E-state index in [-0.39, 0.29) is 30.0 Å². The van der Waals surface area contributed by atoms with E-state index in [1.807, 2.05) is 6.92 Å². The normalized spacial score (nSPS) is 19.8. The van der Waals surface area contributed by atoms with Crippen LogP contribution in [0.15, 0.2) is 53.5 Å². The number of fused-ring (bicyclic) bond motifs is 1. The molecule has 2 aliphatic rings. The minimum Gasteiger partial charge on any atom is -0.494 e. The van der Waals surface area contributed by atoms with Gasteiger partial charge in [-0.15, -0.1) is 0 Å². The van der Waals surface area contributed by atoms with Gasteiger partial charge in [0.05, 0.1) is 29.5 Å². The van der Waals surface area contributed by atoms with Gasteiger partial charge in [0.2, 0.25) is 11.8 Å². The second-order valence-electron chi connectivity index (χ2n) is 7.85. The highest BCUT2D eigenvalue weighted by molar-refractivity contribution is 8.14. The second-order valence-corrected chi connectivity index (χ2v) is 8.79. The third-order valence-corrected chi connectivity index (χ3v) is 6.39. The molecule has 0 bridgehead atoms. The van der Waals surface area contributed by atoms with Gasteiger partial charge in [0.1, 0.15) is 11.9 Å². The highest BCUT2D eigenvalue weighted by Crippen LogP contribution is 2.31. The maximum Gasteiger partial charge on any atom is 0.416 e. The lowest BCUT2D eigenvalue weighted by Gasteiger charge is -2.32. The van der Waals surface area contributed by atoms with Crippen LogP contribution in [0, 0.1) is 5.92 Å². The number of hydrazine groups is 1. The predicted octanol–water partition coefficient (Wildman–Crippen LogP) is 2.91. The van der Waals surface area contributed by atoms with Crippen LogP contribution < -0.4 is 25.8 Å². The zero-order valence-corrected chi connectivity index (χ0v) is 19.6. The summed E-state index contributed by atoms with van der Waals surface area (Å²) in [6, 6.07) is 11.7. The number of halogens is 3. The molecule has 4 rings (SSSR count). The number of alkyl halides is 3. The van der Waals surface area contributed by atoms with Crippen molar-refractivity contribution in [1.82, 2.24) is 16.2 Å². The minimum absolute atomic E-state index is 0.0227. The molecule has 186 valence electrons. The largest absolute Gasteiger partial charge is 0.494 e. The molecule has 12 heteroatoms. The van der Waals surface area contributed by atoms with Gasteiger partial charge in [0, 0.05) is 13.1 Å². The Bertz CT molecular complexity index is 1090. The number of hydrogen-bond donors (Lipinski definition) is 3. The third-order valence-electron chi connectivity index (χ3n) is 5.44. The van der Waals surface area contributed by atoms with Gasteiger partial charge >= 0.3 is 6.18 Å². The molecule has 1 saturated heterocycles. The number of thioether (sulfide) groups is 1. The first-order valence-corrected chi connectivity index (χ1v) is 11.9. The predicted molar refractivity (Wildman–Crippen MR) is 127 cm³/mol. The average Bonchev–Trinajstić information content (AvgIpc) is 3.31. The standard InChI is InChI=1S/C23H24F3N5O3S/c1-2-34-17-9-7-16(8-10-17)31-21(33)18-12-28-30-20(18)29-22(31)35-13-19(32)27-11-14-3-5-15(6-4-14)23(24,25)26/h3-10,18,20,28,30H,2,11-13H2,1H3,(H,27,32). The number of amidine groups is 1. The summed E-state index contributed by atoms with van der Waals surface area (Å²) < 4.78 is 43.6. The minimum atomic E-state index is -4.41. The molecule has 2 aliphatic heterocycles. The molecule has 2 atom stereocenters. The quantitative estimate of drug-likeness (QED) is 0.534. The Hall–Kier alpha value is -3.09. The molecule has 2 heterocycles. The zero-order chi connectivity index (χ0) is 25.0. The van der Waals surface area contributed by atoms with E-state index in [9.17, 15) is 22.8 Å². The molecular formula is C23H24F3N5O3S. The van der Waals surface area contributed by atoms with E-state index in [1.54, 1.807) is 24.3 Å². The zero-order valence-electron chi connectivity index (χ0n) is 18.8. The summed E-state index contributed by atoms with van der Waals surface area (Å²) in [6.45, 7) is 2.92. The monoisotopic (exact) mass is 507 g/mol. The molecule has 3 N–H and O–H groups in total. The van der Waals surface area contributed by atoms with Crippen LogP contribution in [0.5, 0.6) is 5.75 Å². The van der Waals surface area contributed by atoms with Crippen LogP contribution in [-0.2, 0) is 22.3 Å². The molecule has 0 spiro atoms. The van der Waals surface area contributed by atoms with Gasteiger partial charge < -0.3 is 10.1 Å². The summed E-state index contributed by atoms with van der Waals surface area (Å²) in [5.74, 6) is -0.197. The van der Waals surface area contributed by atoms with Crippen molar-refractivity contribution >= 4 is 34.4 Å². The van der Waals surface area contributed by atoms with Gasteiger partial charge in [-0.2, -0.15) is 13.2 Å². The van der Waals surface area contributed by atoms with E-state index in [2.05, 4.69) is 21.2 Å². The number of nitrogens with zero attached hydrogens (tertiary/aromatic N) is 2. The second kappa shape index (κ2) is 10.7. The van der Waals surface area contributed by atoms with Crippen molar-refractivity contribution in [2.24, 2.45) is 10.9 Å².